The van der Waals surface area contributed by atoms with Gasteiger partial charge in [0, 0.05) is 38.3 Å². The fraction of sp³-hybridized carbons (Fsp3) is 0.409. The lowest BCUT2D eigenvalue weighted by atomic mass is 9.84. The molecule has 2 atom stereocenters. The van der Waals surface area contributed by atoms with Crippen LogP contribution in [-0.4, -0.2) is 54.6 Å². The van der Waals surface area contributed by atoms with E-state index in [1.54, 1.807) is 4.90 Å². The van der Waals surface area contributed by atoms with Gasteiger partial charge >= 0.3 is 0 Å². The highest BCUT2D eigenvalue weighted by Gasteiger charge is 2.35. The molecule has 1 saturated heterocycles. The predicted octanol–water partition coefficient (Wildman–Crippen LogP) is 3.26. The lowest BCUT2D eigenvalue weighted by Gasteiger charge is -2.37. The highest BCUT2D eigenvalue weighted by atomic mass is 32.2. The highest BCUT2D eigenvalue weighted by molar-refractivity contribution is 7.89. The van der Waals surface area contributed by atoms with Gasteiger partial charge in [-0.2, -0.15) is 4.31 Å². The third-order valence-electron chi connectivity index (χ3n) is 5.85. The third kappa shape index (κ3) is 4.94. The molecule has 0 saturated carbocycles. The second-order valence-corrected chi connectivity index (χ2v) is 9.70. The van der Waals surface area contributed by atoms with Crippen LogP contribution in [0.2, 0.25) is 0 Å². The molecule has 0 aromatic heterocycles. The van der Waals surface area contributed by atoms with E-state index in [0.29, 0.717) is 0 Å². The van der Waals surface area contributed by atoms with Crippen LogP contribution in [0.25, 0.3) is 0 Å². The number of piperazine rings is 1. The molecular formula is C22H27N3O5S. The first-order valence-corrected chi connectivity index (χ1v) is 11.8. The molecule has 8 nitrogen and oxygen atoms in total. The second-order valence-electron chi connectivity index (χ2n) is 7.76. The van der Waals surface area contributed by atoms with Gasteiger partial charge in [-0.25, -0.2) is 8.42 Å². The molecule has 166 valence electrons. The van der Waals surface area contributed by atoms with Crippen LogP contribution < -0.4 is 0 Å². The Balaban J connectivity index is 1.74. The van der Waals surface area contributed by atoms with Gasteiger partial charge in [-0.3, -0.25) is 14.9 Å². The molecule has 31 heavy (non-hydrogen) atoms. The standard InChI is InChI=1S/C22H27N3O5S/c1-3-17(2)21(18-8-5-4-6-9-18)22(26)23-12-14-24(15-13-23)31(29,30)20-11-7-10-19(16-20)25(27)28/h4-11,16-17,21H,3,12-15H2,1-2H3. The summed E-state index contributed by atoms with van der Waals surface area (Å²) in [5, 5.41) is 11.0. The van der Waals surface area contributed by atoms with E-state index in [4.69, 9.17) is 0 Å². The largest absolute Gasteiger partial charge is 0.340 e. The van der Waals surface area contributed by atoms with E-state index in [-0.39, 0.29) is 54.5 Å². The van der Waals surface area contributed by atoms with Crippen LogP contribution in [0.3, 0.4) is 0 Å². The molecule has 2 aromatic rings. The van der Waals surface area contributed by atoms with Crippen molar-refractivity contribution in [2.75, 3.05) is 26.2 Å². The van der Waals surface area contributed by atoms with Crippen molar-refractivity contribution in [2.24, 2.45) is 5.92 Å². The van der Waals surface area contributed by atoms with Crippen molar-refractivity contribution in [3.63, 3.8) is 0 Å². The molecule has 1 fully saturated rings. The highest BCUT2D eigenvalue weighted by Crippen LogP contribution is 2.30. The number of rotatable bonds is 7. The zero-order valence-electron chi connectivity index (χ0n) is 17.7. The van der Waals surface area contributed by atoms with Crippen LogP contribution >= 0.6 is 0 Å². The van der Waals surface area contributed by atoms with Crippen molar-refractivity contribution >= 4 is 21.6 Å². The van der Waals surface area contributed by atoms with Crippen LogP contribution in [-0.2, 0) is 14.8 Å². The molecule has 1 heterocycles. The maximum absolute atomic E-state index is 13.3. The Hall–Kier alpha value is -2.78. The first-order chi connectivity index (χ1) is 14.8. The smallest absolute Gasteiger partial charge is 0.270 e. The lowest BCUT2D eigenvalue weighted by molar-refractivity contribution is -0.385. The summed E-state index contributed by atoms with van der Waals surface area (Å²) in [5.41, 5.74) is 0.697. The van der Waals surface area contributed by atoms with Gasteiger partial charge in [0.2, 0.25) is 15.9 Å². The Morgan fingerprint density at radius 3 is 2.29 bits per heavy atom. The minimum Gasteiger partial charge on any atom is -0.340 e. The summed E-state index contributed by atoms with van der Waals surface area (Å²) in [4.78, 5) is 25.3. The van der Waals surface area contributed by atoms with E-state index < -0.39 is 14.9 Å². The van der Waals surface area contributed by atoms with Crippen LogP contribution in [0.15, 0.2) is 59.5 Å². The fourth-order valence-electron chi connectivity index (χ4n) is 3.86. The number of carbonyl (C=O) groups excluding carboxylic acids is 1. The molecule has 0 bridgehead atoms. The third-order valence-corrected chi connectivity index (χ3v) is 7.75. The normalized spacial score (nSPS) is 17.2. The summed E-state index contributed by atoms with van der Waals surface area (Å²) in [6.07, 6.45) is 0.854. The van der Waals surface area contributed by atoms with Gasteiger partial charge in [0.1, 0.15) is 0 Å². The van der Waals surface area contributed by atoms with E-state index in [2.05, 4.69) is 13.8 Å². The molecular weight excluding hydrogens is 418 g/mol. The first kappa shape index (κ1) is 22.9. The number of nitrogens with zero attached hydrogens (tertiary/aromatic N) is 3. The quantitative estimate of drug-likeness (QED) is 0.481. The summed E-state index contributed by atoms with van der Waals surface area (Å²) < 4.78 is 27.2. The topological polar surface area (TPSA) is 101 Å². The summed E-state index contributed by atoms with van der Waals surface area (Å²) in [5.74, 6) is -0.111. The monoisotopic (exact) mass is 445 g/mol. The number of sulfonamides is 1. The summed E-state index contributed by atoms with van der Waals surface area (Å²) >= 11 is 0. The van der Waals surface area contributed by atoms with Gasteiger partial charge in [0.05, 0.1) is 15.7 Å². The Morgan fingerprint density at radius 1 is 1.06 bits per heavy atom. The number of hydrogen-bond acceptors (Lipinski definition) is 5. The Labute approximate surface area is 182 Å². The minimum atomic E-state index is -3.87. The van der Waals surface area contributed by atoms with Gasteiger partial charge in [0.25, 0.3) is 5.69 Å². The SMILES string of the molecule is CCC(C)C(C(=O)N1CCN(S(=O)(=O)c2cccc([N+](=O)[O-])c2)CC1)c1ccccc1. The molecule has 0 N–H and O–H groups in total. The van der Waals surface area contributed by atoms with Gasteiger partial charge in [-0.15, -0.1) is 0 Å². The maximum atomic E-state index is 13.3. The number of nitro benzene ring substituents is 1. The maximum Gasteiger partial charge on any atom is 0.270 e. The average Bonchev–Trinajstić information content (AvgIpc) is 2.79. The van der Waals surface area contributed by atoms with Crippen molar-refractivity contribution in [3.05, 3.63) is 70.3 Å². The Morgan fingerprint density at radius 2 is 1.71 bits per heavy atom. The number of benzene rings is 2. The summed E-state index contributed by atoms with van der Waals surface area (Å²) in [6.45, 7) is 4.98. The number of carbonyl (C=O) groups is 1. The molecule has 3 rings (SSSR count). The molecule has 0 radical (unpaired) electrons. The molecule has 9 heteroatoms. The first-order valence-electron chi connectivity index (χ1n) is 10.3. The lowest BCUT2D eigenvalue weighted by Crippen LogP contribution is -2.52. The van der Waals surface area contributed by atoms with E-state index in [1.165, 1.54) is 22.5 Å². The van der Waals surface area contributed by atoms with Crippen LogP contribution in [0.5, 0.6) is 0 Å². The zero-order valence-corrected chi connectivity index (χ0v) is 18.5. The number of amides is 1. The van der Waals surface area contributed by atoms with Crippen molar-refractivity contribution < 1.29 is 18.1 Å². The van der Waals surface area contributed by atoms with Crippen molar-refractivity contribution in [3.8, 4) is 0 Å². The van der Waals surface area contributed by atoms with Gasteiger partial charge in [-0.05, 0) is 17.5 Å². The fourth-order valence-corrected chi connectivity index (χ4v) is 5.33. The minimum absolute atomic E-state index is 0.00736. The molecule has 1 aliphatic heterocycles. The number of non-ortho nitro benzene ring substituents is 1. The van der Waals surface area contributed by atoms with Crippen LogP contribution in [0.4, 0.5) is 5.69 Å². The molecule has 0 aliphatic carbocycles. The molecule has 1 amide bonds. The van der Waals surface area contributed by atoms with Gasteiger partial charge in [-0.1, -0.05) is 56.7 Å². The Bertz CT molecular complexity index is 1030. The van der Waals surface area contributed by atoms with Crippen LogP contribution in [0, 0.1) is 16.0 Å². The van der Waals surface area contributed by atoms with Crippen molar-refractivity contribution in [1.29, 1.82) is 0 Å². The van der Waals surface area contributed by atoms with Crippen molar-refractivity contribution in [1.82, 2.24) is 9.21 Å². The van der Waals surface area contributed by atoms with E-state index in [9.17, 15) is 23.3 Å². The van der Waals surface area contributed by atoms with Crippen LogP contribution in [0.1, 0.15) is 31.7 Å². The number of nitro groups is 1. The molecule has 2 unspecified atom stereocenters. The molecule has 2 aromatic carbocycles. The Kier molecular flexibility index (Phi) is 7.07. The van der Waals surface area contributed by atoms with Gasteiger partial charge in [0.15, 0.2) is 0 Å². The van der Waals surface area contributed by atoms with Gasteiger partial charge < -0.3 is 4.90 Å². The average molecular weight is 446 g/mol. The number of hydrogen-bond donors (Lipinski definition) is 0. The molecule has 0 spiro atoms. The summed E-state index contributed by atoms with van der Waals surface area (Å²) in [6, 6.07) is 14.7. The van der Waals surface area contributed by atoms with E-state index in [1.807, 2.05) is 30.3 Å². The zero-order chi connectivity index (χ0) is 22.6. The second kappa shape index (κ2) is 9.57. The summed E-state index contributed by atoms with van der Waals surface area (Å²) in [7, 11) is -3.87. The van der Waals surface area contributed by atoms with E-state index >= 15 is 0 Å². The van der Waals surface area contributed by atoms with E-state index in [0.717, 1.165) is 18.1 Å². The molecule has 1 aliphatic rings. The van der Waals surface area contributed by atoms with Crippen molar-refractivity contribution in [2.45, 2.75) is 31.1 Å². The predicted molar refractivity (Wildman–Crippen MR) is 117 cm³/mol.